The Bertz CT molecular complexity index is 1360. The number of aryl methyl sites for hydroxylation is 1. The van der Waals surface area contributed by atoms with Crippen LogP contribution in [0.4, 0.5) is 5.82 Å². The van der Waals surface area contributed by atoms with E-state index in [9.17, 15) is 9.90 Å². The number of hydrogen-bond acceptors (Lipinski definition) is 6. The maximum Gasteiger partial charge on any atom is 0.337 e. The minimum absolute atomic E-state index is 0.0213. The van der Waals surface area contributed by atoms with Gasteiger partial charge in [0, 0.05) is 37.7 Å². The molecule has 1 N–H and O–H groups in total. The van der Waals surface area contributed by atoms with Crippen molar-refractivity contribution in [2.75, 3.05) is 25.6 Å². The first-order chi connectivity index (χ1) is 17.0. The number of aromatic nitrogens is 1. The predicted octanol–water partition coefficient (Wildman–Crippen LogP) is 5.25. The summed E-state index contributed by atoms with van der Waals surface area (Å²) in [4.78, 5) is 24.4. The molecule has 0 saturated carbocycles. The van der Waals surface area contributed by atoms with E-state index in [1.807, 2.05) is 83.3 Å². The van der Waals surface area contributed by atoms with Gasteiger partial charge in [0.2, 0.25) is 0 Å². The molecule has 1 aliphatic carbocycles. The van der Waals surface area contributed by atoms with Gasteiger partial charge in [-0.2, -0.15) is 0 Å². The molecular formula is C29H33N3O4. The van der Waals surface area contributed by atoms with Crippen LogP contribution in [0.3, 0.4) is 0 Å². The number of anilines is 1. The van der Waals surface area contributed by atoms with Crippen LogP contribution < -0.4 is 4.90 Å². The van der Waals surface area contributed by atoms with Gasteiger partial charge in [0.25, 0.3) is 0 Å². The molecule has 1 fully saturated rings. The van der Waals surface area contributed by atoms with Crippen molar-refractivity contribution in [3.05, 3.63) is 64.4 Å². The van der Waals surface area contributed by atoms with Crippen molar-refractivity contribution in [1.82, 2.24) is 4.98 Å². The topological polar surface area (TPSA) is 84.3 Å². The van der Waals surface area contributed by atoms with Crippen LogP contribution in [-0.2, 0) is 14.3 Å². The lowest BCUT2D eigenvalue weighted by atomic mass is 9.74. The molecule has 3 heterocycles. The zero-order valence-corrected chi connectivity index (χ0v) is 21.7. The number of allylic oxidation sites excluding steroid dienone is 3. The van der Waals surface area contributed by atoms with Crippen molar-refractivity contribution >= 4 is 34.5 Å². The molecule has 3 atom stereocenters. The highest BCUT2D eigenvalue weighted by Gasteiger charge is 2.41. The summed E-state index contributed by atoms with van der Waals surface area (Å²) in [5, 5.41) is 11.2. The van der Waals surface area contributed by atoms with Gasteiger partial charge in [-0.3, -0.25) is 4.99 Å². The van der Waals surface area contributed by atoms with Gasteiger partial charge < -0.3 is 19.5 Å². The smallest absolute Gasteiger partial charge is 0.337 e. The van der Waals surface area contributed by atoms with Gasteiger partial charge in [-0.1, -0.05) is 11.6 Å². The van der Waals surface area contributed by atoms with E-state index >= 15 is 0 Å². The number of fused-ring (bicyclic) bond motifs is 1. The third kappa shape index (κ3) is 4.22. The summed E-state index contributed by atoms with van der Waals surface area (Å²) in [6.07, 6.45) is 7.73. The Morgan fingerprint density at radius 1 is 1.22 bits per heavy atom. The number of carboxylic acids is 1. The molecule has 5 rings (SSSR count). The monoisotopic (exact) mass is 487 g/mol. The third-order valence-electron chi connectivity index (χ3n) is 6.89. The Morgan fingerprint density at radius 2 is 2.00 bits per heavy atom. The van der Waals surface area contributed by atoms with Crippen molar-refractivity contribution in [3.63, 3.8) is 0 Å². The van der Waals surface area contributed by atoms with Crippen molar-refractivity contribution in [1.29, 1.82) is 0 Å². The molecular weight excluding hydrogens is 454 g/mol. The van der Waals surface area contributed by atoms with E-state index < -0.39 is 17.7 Å². The largest absolute Gasteiger partial charge is 0.497 e. The van der Waals surface area contributed by atoms with Crippen LogP contribution in [0.2, 0.25) is 0 Å². The molecule has 0 bridgehead atoms. The number of hydrogen-bond donors (Lipinski definition) is 1. The lowest BCUT2D eigenvalue weighted by molar-refractivity contribution is -0.160. The van der Waals surface area contributed by atoms with Gasteiger partial charge in [-0.15, -0.1) is 0 Å². The van der Waals surface area contributed by atoms with Gasteiger partial charge in [0.05, 0.1) is 29.7 Å². The van der Waals surface area contributed by atoms with Crippen LogP contribution in [0, 0.1) is 12.8 Å². The minimum atomic E-state index is -1.14. The summed E-state index contributed by atoms with van der Waals surface area (Å²) in [5.41, 5.74) is 4.72. The van der Waals surface area contributed by atoms with Gasteiger partial charge in [0.15, 0.2) is 6.10 Å². The molecule has 0 amide bonds. The fraction of sp³-hybridized carbons (Fsp3) is 0.414. The fourth-order valence-electron chi connectivity index (χ4n) is 5.39. The summed E-state index contributed by atoms with van der Waals surface area (Å²) < 4.78 is 12.2. The average molecular weight is 488 g/mol. The Balaban J connectivity index is 1.81. The molecule has 36 heavy (non-hydrogen) atoms. The summed E-state index contributed by atoms with van der Waals surface area (Å²) in [6.45, 7) is 8.23. The van der Waals surface area contributed by atoms with Crippen LogP contribution in [0.15, 0.2) is 52.8 Å². The summed E-state index contributed by atoms with van der Waals surface area (Å²) in [5.74, 6) is 0.758. The lowest BCUT2D eigenvalue weighted by Gasteiger charge is -2.39. The summed E-state index contributed by atoms with van der Waals surface area (Å²) in [6, 6.07) is 5.76. The van der Waals surface area contributed by atoms with E-state index in [-0.39, 0.29) is 12.0 Å². The van der Waals surface area contributed by atoms with Crippen LogP contribution >= 0.6 is 0 Å². The van der Waals surface area contributed by atoms with E-state index in [4.69, 9.17) is 19.5 Å². The van der Waals surface area contributed by atoms with Crippen LogP contribution in [-0.4, -0.2) is 54.6 Å². The summed E-state index contributed by atoms with van der Waals surface area (Å²) >= 11 is 0. The maximum absolute atomic E-state index is 12.6. The quantitative estimate of drug-likeness (QED) is 0.620. The van der Waals surface area contributed by atoms with E-state index in [1.165, 1.54) is 5.57 Å². The molecule has 2 unspecified atom stereocenters. The number of pyridine rings is 1. The number of rotatable bonds is 5. The highest BCUT2D eigenvalue weighted by Crippen LogP contribution is 2.47. The second-order valence-electron chi connectivity index (χ2n) is 10.8. The summed E-state index contributed by atoms with van der Waals surface area (Å²) in [7, 11) is 3.91. The zero-order valence-electron chi connectivity index (χ0n) is 21.7. The van der Waals surface area contributed by atoms with Crippen molar-refractivity contribution in [2.45, 2.75) is 51.9 Å². The number of carbonyl (C=O) groups is 1. The Labute approximate surface area is 211 Å². The van der Waals surface area contributed by atoms with Gasteiger partial charge >= 0.3 is 5.97 Å². The molecule has 1 aromatic heterocycles. The van der Waals surface area contributed by atoms with E-state index in [0.717, 1.165) is 45.6 Å². The second-order valence-corrected chi connectivity index (χ2v) is 10.8. The Kier molecular flexibility index (Phi) is 5.99. The first kappa shape index (κ1) is 24.3. The average Bonchev–Trinajstić information content (AvgIpc) is 2.81. The first-order valence-electron chi connectivity index (χ1n) is 12.3. The molecule has 7 nitrogen and oxygen atoms in total. The van der Waals surface area contributed by atoms with Gasteiger partial charge in [-0.05, 0) is 74.7 Å². The fourth-order valence-corrected chi connectivity index (χ4v) is 5.39. The predicted molar refractivity (Wildman–Crippen MR) is 143 cm³/mol. The van der Waals surface area contributed by atoms with Gasteiger partial charge in [-0.25, -0.2) is 9.78 Å². The molecule has 2 aliphatic heterocycles. The maximum atomic E-state index is 12.6. The molecule has 7 heteroatoms. The zero-order chi connectivity index (χ0) is 25.8. The standard InChI is InChI=1S/C29H33N3O4/c1-16-15-20-18(8-10-22(31-20)32(5)6)25(23(16)27(28(33)34)36-29(2,3)4)19-7-9-21-24-17(12-14-35-21)11-13-30-26(19)24/h7-11,13,15,24,26-27H,12,14H2,1-6H3,(H,33,34)/t24?,26?,27-/m0/s1. The molecule has 0 radical (unpaired) electrons. The molecule has 188 valence electrons. The van der Waals surface area contributed by atoms with Crippen LogP contribution in [0.5, 0.6) is 0 Å². The molecule has 0 spiro atoms. The van der Waals surface area contributed by atoms with Gasteiger partial charge in [0.1, 0.15) is 11.6 Å². The molecule has 2 aromatic rings. The number of aliphatic carboxylic acids is 1. The highest BCUT2D eigenvalue weighted by molar-refractivity contribution is 5.99. The van der Waals surface area contributed by atoms with E-state index in [0.29, 0.717) is 12.2 Å². The highest BCUT2D eigenvalue weighted by atomic mass is 16.5. The van der Waals surface area contributed by atoms with Crippen LogP contribution in [0.1, 0.15) is 50.0 Å². The van der Waals surface area contributed by atoms with Crippen molar-refractivity contribution in [3.8, 4) is 0 Å². The number of ether oxygens (including phenoxy) is 2. The number of aliphatic imine (C=N–C) groups is 1. The Morgan fingerprint density at radius 3 is 2.69 bits per heavy atom. The van der Waals surface area contributed by atoms with E-state index in [2.05, 4.69) is 6.08 Å². The molecule has 1 saturated heterocycles. The third-order valence-corrected chi connectivity index (χ3v) is 6.89. The number of benzene rings is 1. The normalized spacial score (nSPS) is 21.7. The van der Waals surface area contributed by atoms with E-state index in [1.54, 1.807) is 0 Å². The SMILES string of the molecule is Cc1cc2nc(N(C)C)ccc2c(C2=CC=C3OCCC4=CC=NC2C43)c1[C@H](OC(C)(C)C)C(=O)O. The van der Waals surface area contributed by atoms with Crippen LogP contribution in [0.25, 0.3) is 16.5 Å². The number of carboxylic acid groups (broad SMARTS) is 1. The first-order valence-corrected chi connectivity index (χ1v) is 12.3. The molecule has 3 aliphatic rings. The Hall–Kier alpha value is -3.45. The lowest BCUT2D eigenvalue weighted by Crippen LogP contribution is -2.34. The number of nitrogens with zero attached hydrogens (tertiary/aromatic N) is 3. The van der Waals surface area contributed by atoms with Crippen molar-refractivity contribution < 1.29 is 19.4 Å². The van der Waals surface area contributed by atoms with Crippen molar-refractivity contribution in [2.24, 2.45) is 10.9 Å². The second kappa shape index (κ2) is 8.89. The molecule has 1 aromatic carbocycles. The number of dihydropyridines is 1. The minimum Gasteiger partial charge on any atom is -0.497 e.